The average Bonchev–Trinajstić information content (AvgIpc) is 2.82. The van der Waals surface area contributed by atoms with Gasteiger partial charge in [-0.2, -0.15) is 11.3 Å². The van der Waals surface area contributed by atoms with Crippen molar-refractivity contribution in [1.29, 1.82) is 0 Å². The quantitative estimate of drug-likeness (QED) is 0.872. The van der Waals surface area contributed by atoms with Crippen molar-refractivity contribution in [1.82, 2.24) is 5.32 Å². The molecule has 3 heteroatoms. The number of hydrogen-bond acceptors (Lipinski definition) is 2. The zero-order chi connectivity index (χ0) is 13.2. The van der Waals surface area contributed by atoms with Crippen LogP contribution in [-0.2, 0) is 19.4 Å². The fourth-order valence-corrected chi connectivity index (χ4v) is 3.99. The molecule has 19 heavy (non-hydrogen) atoms. The van der Waals surface area contributed by atoms with Crippen LogP contribution in [0.3, 0.4) is 0 Å². The van der Waals surface area contributed by atoms with Gasteiger partial charge in [-0.1, -0.05) is 22.0 Å². The first-order valence-corrected chi connectivity index (χ1v) is 8.48. The molecule has 2 aromatic rings. The van der Waals surface area contributed by atoms with Gasteiger partial charge in [0.1, 0.15) is 0 Å². The van der Waals surface area contributed by atoms with Gasteiger partial charge in [-0.05, 0) is 71.3 Å². The maximum atomic E-state index is 3.72. The van der Waals surface area contributed by atoms with Crippen molar-refractivity contribution in [3.63, 3.8) is 0 Å². The van der Waals surface area contributed by atoms with Crippen LogP contribution in [0.15, 0.2) is 33.4 Å². The lowest BCUT2D eigenvalue weighted by atomic mass is 9.88. The summed E-state index contributed by atoms with van der Waals surface area (Å²) in [5, 5.41) is 8.20. The number of halogens is 1. The summed E-state index contributed by atoms with van der Waals surface area (Å²) < 4.78 is 1.20. The van der Waals surface area contributed by atoms with E-state index in [1.54, 1.807) is 11.3 Å². The van der Waals surface area contributed by atoms with Crippen LogP contribution in [0.4, 0.5) is 0 Å². The molecule has 1 nitrogen and oxygen atoms in total. The molecule has 0 radical (unpaired) electrons. The predicted octanol–water partition coefficient (Wildman–Crippen LogP) is 4.47. The summed E-state index contributed by atoms with van der Waals surface area (Å²) in [6.45, 7) is 3.20. The minimum Gasteiger partial charge on any atom is -0.310 e. The highest BCUT2D eigenvalue weighted by Crippen LogP contribution is 2.25. The van der Waals surface area contributed by atoms with Gasteiger partial charge in [0.15, 0.2) is 0 Å². The molecule has 100 valence electrons. The molecule has 0 fully saturated rings. The van der Waals surface area contributed by atoms with Crippen LogP contribution in [0, 0.1) is 6.92 Å². The van der Waals surface area contributed by atoms with Crippen LogP contribution in [0.5, 0.6) is 0 Å². The molecule has 1 atom stereocenters. The predicted molar refractivity (Wildman–Crippen MR) is 85.9 cm³/mol. The third kappa shape index (κ3) is 3.10. The Hall–Kier alpha value is -0.640. The molecule has 1 aliphatic carbocycles. The van der Waals surface area contributed by atoms with E-state index < -0.39 is 0 Å². The number of fused-ring (bicyclic) bond motifs is 1. The minimum atomic E-state index is 0.618. The van der Waals surface area contributed by atoms with E-state index in [1.165, 1.54) is 39.6 Å². The Labute approximate surface area is 127 Å². The molecular formula is C16H18BrNS. The molecule has 0 aliphatic heterocycles. The Morgan fingerprint density at radius 1 is 1.32 bits per heavy atom. The highest BCUT2D eigenvalue weighted by Gasteiger charge is 2.18. The fraction of sp³-hybridized carbons (Fsp3) is 0.375. The molecule has 0 bridgehead atoms. The van der Waals surface area contributed by atoms with E-state index in [9.17, 15) is 0 Å². The normalized spacial score (nSPS) is 18.3. The van der Waals surface area contributed by atoms with E-state index in [0.29, 0.717) is 6.04 Å². The van der Waals surface area contributed by atoms with E-state index in [0.717, 1.165) is 13.0 Å². The van der Waals surface area contributed by atoms with Crippen molar-refractivity contribution in [3.05, 3.63) is 55.7 Å². The molecule has 0 amide bonds. The molecular weight excluding hydrogens is 318 g/mol. The summed E-state index contributed by atoms with van der Waals surface area (Å²) in [7, 11) is 0. The van der Waals surface area contributed by atoms with Crippen LogP contribution in [0.2, 0.25) is 0 Å². The third-order valence-electron chi connectivity index (χ3n) is 3.94. The van der Waals surface area contributed by atoms with Crippen molar-refractivity contribution in [2.75, 3.05) is 0 Å². The Morgan fingerprint density at radius 3 is 3.00 bits per heavy atom. The Balaban J connectivity index is 1.63. The summed E-state index contributed by atoms with van der Waals surface area (Å²) in [5.74, 6) is 0. The van der Waals surface area contributed by atoms with Gasteiger partial charge < -0.3 is 5.32 Å². The van der Waals surface area contributed by atoms with Crippen molar-refractivity contribution in [3.8, 4) is 0 Å². The number of thiophene rings is 1. The number of hydrogen-bond donors (Lipinski definition) is 1. The SMILES string of the molecule is Cc1cscc1CNC1CCc2cc(Br)ccc2C1. The highest BCUT2D eigenvalue weighted by atomic mass is 79.9. The number of benzene rings is 1. The van der Waals surface area contributed by atoms with E-state index in [4.69, 9.17) is 0 Å². The van der Waals surface area contributed by atoms with E-state index in [1.807, 2.05) is 0 Å². The average molecular weight is 336 g/mol. The monoisotopic (exact) mass is 335 g/mol. The van der Waals surface area contributed by atoms with Crippen LogP contribution >= 0.6 is 27.3 Å². The molecule has 1 heterocycles. The van der Waals surface area contributed by atoms with Gasteiger partial charge in [0, 0.05) is 17.1 Å². The molecule has 0 saturated carbocycles. The molecule has 1 aromatic carbocycles. The van der Waals surface area contributed by atoms with Gasteiger partial charge in [-0.15, -0.1) is 0 Å². The molecule has 0 spiro atoms. The lowest BCUT2D eigenvalue weighted by Gasteiger charge is -2.26. The maximum Gasteiger partial charge on any atom is 0.0219 e. The van der Waals surface area contributed by atoms with E-state index in [-0.39, 0.29) is 0 Å². The second-order valence-electron chi connectivity index (χ2n) is 5.31. The van der Waals surface area contributed by atoms with Crippen LogP contribution in [0.25, 0.3) is 0 Å². The Morgan fingerprint density at radius 2 is 2.21 bits per heavy atom. The van der Waals surface area contributed by atoms with Gasteiger partial charge in [0.2, 0.25) is 0 Å². The summed E-state index contributed by atoms with van der Waals surface area (Å²) in [4.78, 5) is 0. The van der Waals surface area contributed by atoms with Crippen molar-refractivity contribution >= 4 is 27.3 Å². The third-order valence-corrected chi connectivity index (χ3v) is 5.34. The first-order chi connectivity index (χ1) is 9.22. The molecule has 0 saturated heterocycles. The van der Waals surface area contributed by atoms with Gasteiger partial charge in [-0.3, -0.25) is 0 Å². The van der Waals surface area contributed by atoms with Gasteiger partial charge in [0.05, 0.1) is 0 Å². The number of aryl methyl sites for hydroxylation is 2. The summed E-state index contributed by atoms with van der Waals surface area (Å²) >= 11 is 5.35. The first-order valence-electron chi connectivity index (χ1n) is 6.75. The van der Waals surface area contributed by atoms with Gasteiger partial charge >= 0.3 is 0 Å². The first kappa shape index (κ1) is 13.3. The smallest absolute Gasteiger partial charge is 0.0219 e. The molecule has 1 unspecified atom stereocenters. The van der Waals surface area contributed by atoms with Gasteiger partial charge in [-0.25, -0.2) is 0 Å². The van der Waals surface area contributed by atoms with Crippen LogP contribution < -0.4 is 5.32 Å². The molecule has 1 N–H and O–H groups in total. The zero-order valence-electron chi connectivity index (χ0n) is 11.1. The zero-order valence-corrected chi connectivity index (χ0v) is 13.5. The Kier molecular flexibility index (Phi) is 4.06. The standard InChI is InChI=1S/C16H18BrNS/c1-11-9-19-10-14(11)8-18-16-5-3-12-6-15(17)4-2-13(12)7-16/h2,4,6,9-10,16,18H,3,5,7-8H2,1H3. The lowest BCUT2D eigenvalue weighted by Crippen LogP contribution is -2.34. The topological polar surface area (TPSA) is 12.0 Å². The maximum absolute atomic E-state index is 3.72. The molecule has 1 aliphatic rings. The number of nitrogens with one attached hydrogen (secondary N) is 1. The minimum absolute atomic E-state index is 0.618. The van der Waals surface area contributed by atoms with Crippen molar-refractivity contribution in [2.45, 2.75) is 38.8 Å². The highest BCUT2D eigenvalue weighted by molar-refractivity contribution is 9.10. The van der Waals surface area contributed by atoms with Crippen molar-refractivity contribution < 1.29 is 0 Å². The summed E-state index contributed by atoms with van der Waals surface area (Å²) in [5.41, 5.74) is 5.89. The summed E-state index contributed by atoms with van der Waals surface area (Å²) in [6.07, 6.45) is 3.59. The number of rotatable bonds is 3. The van der Waals surface area contributed by atoms with Crippen molar-refractivity contribution in [2.24, 2.45) is 0 Å². The largest absolute Gasteiger partial charge is 0.310 e. The lowest BCUT2D eigenvalue weighted by molar-refractivity contribution is 0.457. The van der Waals surface area contributed by atoms with E-state index >= 15 is 0 Å². The second-order valence-corrected chi connectivity index (χ2v) is 6.97. The molecule has 3 rings (SSSR count). The van der Waals surface area contributed by atoms with E-state index in [2.05, 4.69) is 57.1 Å². The fourth-order valence-electron chi connectivity index (χ4n) is 2.72. The van der Waals surface area contributed by atoms with Gasteiger partial charge in [0.25, 0.3) is 0 Å². The van der Waals surface area contributed by atoms with Crippen LogP contribution in [0.1, 0.15) is 28.7 Å². The molecule has 1 aromatic heterocycles. The second kappa shape index (κ2) is 5.78. The Bertz CT molecular complexity index is 576. The summed E-state index contributed by atoms with van der Waals surface area (Å²) in [6, 6.07) is 7.31. The van der Waals surface area contributed by atoms with Crippen LogP contribution in [-0.4, -0.2) is 6.04 Å².